The van der Waals surface area contributed by atoms with Crippen molar-refractivity contribution in [3.8, 4) is 0 Å². The van der Waals surface area contributed by atoms with E-state index in [0.717, 1.165) is 30.1 Å². The number of rotatable bonds is 2. The van der Waals surface area contributed by atoms with E-state index in [1.807, 2.05) is 5.38 Å². The van der Waals surface area contributed by atoms with Crippen molar-refractivity contribution in [1.82, 2.24) is 4.98 Å². The first kappa shape index (κ1) is 9.33. The molecule has 1 aromatic heterocycles. The summed E-state index contributed by atoms with van der Waals surface area (Å²) in [6.07, 6.45) is 2.71. The van der Waals surface area contributed by atoms with Gasteiger partial charge in [-0.25, -0.2) is 4.98 Å². The summed E-state index contributed by atoms with van der Waals surface area (Å²) in [6.45, 7) is 3.84. The molecule has 2 aliphatic rings. The lowest BCUT2D eigenvalue weighted by molar-refractivity contribution is 0.101. The molecule has 2 unspecified atom stereocenters. The predicted octanol–water partition coefficient (Wildman–Crippen LogP) is 2.19. The second kappa shape index (κ2) is 3.30. The molecule has 1 saturated carbocycles. The second-order valence-electron chi connectivity index (χ2n) is 4.56. The molecule has 1 aliphatic heterocycles. The van der Waals surface area contributed by atoms with Gasteiger partial charge in [0.25, 0.3) is 0 Å². The van der Waals surface area contributed by atoms with Gasteiger partial charge in [0.1, 0.15) is 5.69 Å². The summed E-state index contributed by atoms with van der Waals surface area (Å²) in [5.41, 5.74) is 0.618. The van der Waals surface area contributed by atoms with E-state index < -0.39 is 0 Å². The minimum atomic E-state index is 0.0683. The van der Waals surface area contributed by atoms with Crippen LogP contribution in [0.5, 0.6) is 0 Å². The molecule has 1 saturated heterocycles. The smallest absolute Gasteiger partial charge is 0.185 e. The molecule has 2 heterocycles. The van der Waals surface area contributed by atoms with E-state index in [9.17, 15) is 4.79 Å². The highest BCUT2D eigenvalue weighted by atomic mass is 32.1. The van der Waals surface area contributed by atoms with Crippen molar-refractivity contribution in [2.45, 2.75) is 19.8 Å². The van der Waals surface area contributed by atoms with E-state index in [2.05, 4.69) is 9.88 Å². The molecule has 0 spiro atoms. The lowest BCUT2D eigenvalue weighted by Crippen LogP contribution is -2.31. The maximum atomic E-state index is 11.1. The normalized spacial score (nSPS) is 28.7. The van der Waals surface area contributed by atoms with Crippen LogP contribution in [-0.4, -0.2) is 23.9 Å². The summed E-state index contributed by atoms with van der Waals surface area (Å²) < 4.78 is 0. The Kier molecular flexibility index (Phi) is 2.06. The monoisotopic (exact) mass is 222 g/mol. The molecule has 0 N–H and O–H groups in total. The average molecular weight is 222 g/mol. The number of thiazole rings is 1. The van der Waals surface area contributed by atoms with Crippen LogP contribution >= 0.6 is 11.3 Å². The Balaban J connectivity index is 1.77. The van der Waals surface area contributed by atoms with E-state index in [0.29, 0.717) is 5.69 Å². The fraction of sp³-hybridized carbons (Fsp3) is 0.636. The Labute approximate surface area is 93.1 Å². The van der Waals surface area contributed by atoms with Crippen LogP contribution in [0.2, 0.25) is 0 Å². The quantitative estimate of drug-likeness (QED) is 0.719. The Hall–Kier alpha value is -0.900. The van der Waals surface area contributed by atoms with Crippen LogP contribution in [0.25, 0.3) is 0 Å². The third-order valence-electron chi connectivity index (χ3n) is 3.42. The van der Waals surface area contributed by atoms with Gasteiger partial charge in [-0.3, -0.25) is 4.79 Å². The molecule has 15 heavy (non-hydrogen) atoms. The summed E-state index contributed by atoms with van der Waals surface area (Å²) in [6, 6.07) is 0. The van der Waals surface area contributed by atoms with Crippen LogP contribution in [-0.2, 0) is 0 Å². The van der Waals surface area contributed by atoms with Crippen molar-refractivity contribution in [3.05, 3.63) is 11.1 Å². The minimum absolute atomic E-state index is 0.0683. The number of ketones is 1. The third kappa shape index (κ3) is 1.67. The molecule has 0 aromatic carbocycles. The van der Waals surface area contributed by atoms with Crippen molar-refractivity contribution < 1.29 is 4.79 Å². The maximum absolute atomic E-state index is 11.1. The third-order valence-corrected chi connectivity index (χ3v) is 4.32. The van der Waals surface area contributed by atoms with Crippen molar-refractivity contribution in [3.63, 3.8) is 0 Å². The molecule has 3 rings (SSSR count). The van der Waals surface area contributed by atoms with E-state index in [1.165, 1.54) is 12.8 Å². The van der Waals surface area contributed by atoms with Crippen LogP contribution in [0, 0.1) is 11.8 Å². The number of carbonyl (C=O) groups excluding carboxylic acids is 1. The standard InChI is InChI=1S/C11H14N2OS/c1-7(14)10-6-15-11(12-10)13-3-2-8-4-9(8)5-13/h6,8-9H,2-5H2,1H3. The molecule has 4 heteroatoms. The zero-order valence-corrected chi connectivity index (χ0v) is 9.59. The number of carbonyl (C=O) groups is 1. The van der Waals surface area contributed by atoms with Crippen LogP contribution in [0.15, 0.2) is 5.38 Å². The van der Waals surface area contributed by atoms with Gasteiger partial charge >= 0.3 is 0 Å². The van der Waals surface area contributed by atoms with Gasteiger partial charge in [-0.05, 0) is 24.7 Å². The number of hydrogen-bond donors (Lipinski definition) is 0. The number of aromatic nitrogens is 1. The molecule has 0 bridgehead atoms. The van der Waals surface area contributed by atoms with Gasteiger partial charge in [0.15, 0.2) is 10.9 Å². The number of anilines is 1. The zero-order valence-electron chi connectivity index (χ0n) is 8.77. The molecule has 1 aliphatic carbocycles. The fourth-order valence-electron chi connectivity index (χ4n) is 2.33. The number of nitrogens with zero attached hydrogens (tertiary/aromatic N) is 2. The van der Waals surface area contributed by atoms with Gasteiger partial charge in [-0.2, -0.15) is 0 Å². The van der Waals surface area contributed by atoms with E-state index >= 15 is 0 Å². The highest BCUT2D eigenvalue weighted by molar-refractivity contribution is 7.13. The lowest BCUT2D eigenvalue weighted by Gasteiger charge is -2.25. The second-order valence-corrected chi connectivity index (χ2v) is 5.40. The average Bonchev–Trinajstić information content (AvgIpc) is 2.82. The first-order valence-corrected chi connectivity index (χ1v) is 6.33. The van der Waals surface area contributed by atoms with Gasteiger partial charge in [0.2, 0.25) is 0 Å². The molecule has 0 amide bonds. The highest BCUT2D eigenvalue weighted by Crippen LogP contribution is 2.45. The fourth-order valence-corrected chi connectivity index (χ4v) is 3.23. The number of fused-ring (bicyclic) bond motifs is 1. The van der Waals surface area contributed by atoms with Crippen molar-refractivity contribution in [2.24, 2.45) is 11.8 Å². The molecular weight excluding hydrogens is 208 g/mol. The Bertz CT molecular complexity index is 401. The van der Waals surface area contributed by atoms with Crippen LogP contribution in [0.3, 0.4) is 0 Å². The molecule has 2 fully saturated rings. The molecule has 80 valence electrons. The van der Waals surface area contributed by atoms with Crippen molar-refractivity contribution in [2.75, 3.05) is 18.0 Å². The maximum Gasteiger partial charge on any atom is 0.185 e. The SMILES string of the molecule is CC(=O)c1csc(N2CCC3CC3C2)n1. The highest BCUT2D eigenvalue weighted by Gasteiger charge is 2.41. The van der Waals surface area contributed by atoms with E-state index in [-0.39, 0.29) is 5.78 Å². The summed E-state index contributed by atoms with van der Waals surface area (Å²) >= 11 is 1.60. The van der Waals surface area contributed by atoms with Gasteiger partial charge < -0.3 is 4.90 Å². The Morgan fingerprint density at radius 1 is 1.60 bits per heavy atom. The zero-order chi connectivity index (χ0) is 10.4. The number of Topliss-reactive ketones (excluding diaryl/α,β-unsaturated/α-hetero) is 1. The van der Waals surface area contributed by atoms with Gasteiger partial charge in [0.05, 0.1) is 0 Å². The lowest BCUT2D eigenvalue weighted by atomic mass is 10.1. The molecule has 3 nitrogen and oxygen atoms in total. The molecular formula is C11H14N2OS. The summed E-state index contributed by atoms with van der Waals surface area (Å²) in [5.74, 6) is 1.97. The number of hydrogen-bond acceptors (Lipinski definition) is 4. The summed E-state index contributed by atoms with van der Waals surface area (Å²) in [5, 5.41) is 2.90. The van der Waals surface area contributed by atoms with E-state index in [1.54, 1.807) is 18.3 Å². The largest absolute Gasteiger partial charge is 0.348 e. The van der Waals surface area contributed by atoms with Crippen LogP contribution < -0.4 is 4.90 Å². The predicted molar refractivity (Wildman–Crippen MR) is 60.5 cm³/mol. The topological polar surface area (TPSA) is 33.2 Å². The number of piperidine rings is 1. The van der Waals surface area contributed by atoms with Gasteiger partial charge in [-0.1, -0.05) is 0 Å². The first-order valence-electron chi connectivity index (χ1n) is 5.45. The first-order chi connectivity index (χ1) is 7.24. The molecule has 0 radical (unpaired) electrons. The molecule has 1 aromatic rings. The van der Waals surface area contributed by atoms with Crippen LogP contribution in [0.4, 0.5) is 5.13 Å². The van der Waals surface area contributed by atoms with Crippen LogP contribution in [0.1, 0.15) is 30.3 Å². The summed E-state index contributed by atoms with van der Waals surface area (Å²) in [7, 11) is 0. The van der Waals surface area contributed by atoms with E-state index in [4.69, 9.17) is 0 Å². The summed E-state index contributed by atoms with van der Waals surface area (Å²) in [4.78, 5) is 17.9. The minimum Gasteiger partial charge on any atom is -0.348 e. The Morgan fingerprint density at radius 3 is 3.13 bits per heavy atom. The van der Waals surface area contributed by atoms with Crippen molar-refractivity contribution >= 4 is 22.3 Å². The Morgan fingerprint density at radius 2 is 2.47 bits per heavy atom. The van der Waals surface area contributed by atoms with Gasteiger partial charge in [0, 0.05) is 25.4 Å². The van der Waals surface area contributed by atoms with Gasteiger partial charge in [-0.15, -0.1) is 11.3 Å². The van der Waals surface area contributed by atoms with Crippen molar-refractivity contribution in [1.29, 1.82) is 0 Å². The molecule has 2 atom stereocenters.